The average Bonchev–Trinajstić information content (AvgIpc) is 2.55. The van der Waals surface area contributed by atoms with Crippen molar-refractivity contribution >= 4 is 16.2 Å². The fourth-order valence-corrected chi connectivity index (χ4v) is 2.87. The van der Waals surface area contributed by atoms with Gasteiger partial charge in [-0.25, -0.2) is 4.79 Å². The van der Waals surface area contributed by atoms with Gasteiger partial charge in [-0.15, -0.1) is 0 Å². The molecular weight excluding hydrogens is 270 g/mol. The van der Waals surface area contributed by atoms with Crippen LogP contribution in [0.1, 0.15) is 40.5 Å². The number of hydrogen-bond acceptors (Lipinski definition) is 5. The first-order chi connectivity index (χ1) is 8.53. The summed E-state index contributed by atoms with van der Waals surface area (Å²) in [5.74, 6) is 0. The molecule has 1 fully saturated rings. The molecule has 0 aromatic carbocycles. The molecule has 0 spiro atoms. The van der Waals surface area contributed by atoms with E-state index < -0.39 is 27.9 Å². The van der Waals surface area contributed by atoms with E-state index in [1.807, 2.05) is 6.92 Å². The number of hydrogen-bond donors (Lipinski definition) is 0. The summed E-state index contributed by atoms with van der Waals surface area (Å²) in [6, 6.07) is -0.260. The van der Waals surface area contributed by atoms with Gasteiger partial charge in [-0.05, 0) is 33.6 Å². The van der Waals surface area contributed by atoms with Gasteiger partial charge >= 0.3 is 6.09 Å². The first-order valence-corrected chi connectivity index (χ1v) is 8.23. The SMILES string of the molecule is CC[C@@H]1[C@@H](OS(C)(=O)=O)CCN1C(=O)OC(C)(C)C. The van der Waals surface area contributed by atoms with E-state index in [2.05, 4.69) is 0 Å². The van der Waals surface area contributed by atoms with E-state index in [1.165, 1.54) is 0 Å². The Labute approximate surface area is 115 Å². The van der Waals surface area contributed by atoms with E-state index in [0.717, 1.165) is 6.26 Å². The van der Waals surface area contributed by atoms with Gasteiger partial charge in [-0.1, -0.05) is 6.92 Å². The van der Waals surface area contributed by atoms with Crippen LogP contribution in [0.25, 0.3) is 0 Å². The molecule has 1 aliphatic heterocycles. The van der Waals surface area contributed by atoms with Crippen molar-refractivity contribution in [1.82, 2.24) is 4.90 Å². The van der Waals surface area contributed by atoms with E-state index in [9.17, 15) is 13.2 Å². The molecule has 2 atom stereocenters. The summed E-state index contributed by atoms with van der Waals surface area (Å²) in [6.45, 7) is 7.74. The predicted molar refractivity (Wildman–Crippen MR) is 71.4 cm³/mol. The van der Waals surface area contributed by atoms with Gasteiger partial charge < -0.3 is 9.64 Å². The van der Waals surface area contributed by atoms with Gasteiger partial charge in [0.05, 0.1) is 18.4 Å². The Kier molecular flexibility index (Phi) is 4.84. The number of nitrogens with zero attached hydrogens (tertiary/aromatic N) is 1. The van der Waals surface area contributed by atoms with Crippen LogP contribution in [-0.4, -0.2) is 50.0 Å². The molecule has 19 heavy (non-hydrogen) atoms. The van der Waals surface area contributed by atoms with Gasteiger partial charge in [-0.3, -0.25) is 4.18 Å². The number of amides is 1. The lowest BCUT2D eigenvalue weighted by atomic mass is 10.1. The Balaban J connectivity index is 2.75. The molecule has 0 unspecified atom stereocenters. The van der Waals surface area contributed by atoms with Crippen LogP contribution in [0.15, 0.2) is 0 Å². The molecule has 0 aromatic rings. The highest BCUT2D eigenvalue weighted by Gasteiger charge is 2.40. The monoisotopic (exact) mass is 293 g/mol. The molecule has 1 rings (SSSR count). The second kappa shape index (κ2) is 5.66. The summed E-state index contributed by atoms with van der Waals surface area (Å²) >= 11 is 0. The zero-order valence-electron chi connectivity index (χ0n) is 12.2. The zero-order valence-corrected chi connectivity index (χ0v) is 13.0. The van der Waals surface area contributed by atoms with Crippen LogP contribution in [0.3, 0.4) is 0 Å². The molecule has 1 heterocycles. The van der Waals surface area contributed by atoms with Crippen molar-refractivity contribution in [1.29, 1.82) is 0 Å². The first kappa shape index (κ1) is 16.2. The Bertz CT molecular complexity index is 426. The zero-order chi connectivity index (χ0) is 14.8. The van der Waals surface area contributed by atoms with Crippen LogP contribution in [0.2, 0.25) is 0 Å². The van der Waals surface area contributed by atoms with Crippen LogP contribution >= 0.6 is 0 Å². The summed E-state index contributed by atoms with van der Waals surface area (Å²) < 4.78 is 32.7. The van der Waals surface area contributed by atoms with Gasteiger partial charge in [0, 0.05) is 6.54 Å². The predicted octanol–water partition coefficient (Wildman–Crippen LogP) is 1.75. The van der Waals surface area contributed by atoms with E-state index in [1.54, 1.807) is 25.7 Å². The van der Waals surface area contributed by atoms with Crippen molar-refractivity contribution in [2.75, 3.05) is 12.8 Å². The summed E-state index contributed by atoms with van der Waals surface area (Å²) in [5.41, 5.74) is -0.564. The lowest BCUT2D eigenvalue weighted by Gasteiger charge is -2.29. The fourth-order valence-electron chi connectivity index (χ4n) is 2.19. The summed E-state index contributed by atoms with van der Waals surface area (Å²) in [5, 5.41) is 0. The second-order valence-corrected chi connectivity index (χ2v) is 7.38. The van der Waals surface area contributed by atoms with Crippen molar-refractivity contribution < 1.29 is 22.1 Å². The van der Waals surface area contributed by atoms with Crippen molar-refractivity contribution in [2.24, 2.45) is 0 Å². The lowest BCUT2D eigenvalue weighted by molar-refractivity contribution is 0.0170. The highest BCUT2D eigenvalue weighted by molar-refractivity contribution is 7.86. The third-order valence-corrected chi connectivity index (χ3v) is 3.43. The molecule has 7 heteroatoms. The molecule has 112 valence electrons. The van der Waals surface area contributed by atoms with Crippen molar-refractivity contribution in [3.05, 3.63) is 0 Å². The van der Waals surface area contributed by atoms with Crippen molar-refractivity contribution in [3.8, 4) is 0 Å². The maximum atomic E-state index is 12.0. The minimum absolute atomic E-state index is 0.260. The smallest absolute Gasteiger partial charge is 0.410 e. The van der Waals surface area contributed by atoms with Gasteiger partial charge in [0.1, 0.15) is 5.60 Å². The summed E-state index contributed by atoms with van der Waals surface area (Å²) in [6.07, 6.45) is 1.26. The van der Waals surface area contributed by atoms with E-state index in [-0.39, 0.29) is 6.04 Å². The molecule has 1 aliphatic rings. The third kappa shape index (κ3) is 4.99. The molecule has 0 saturated carbocycles. The minimum atomic E-state index is -3.51. The maximum Gasteiger partial charge on any atom is 0.410 e. The van der Waals surface area contributed by atoms with Crippen molar-refractivity contribution in [2.45, 2.75) is 58.3 Å². The first-order valence-electron chi connectivity index (χ1n) is 6.41. The average molecular weight is 293 g/mol. The van der Waals surface area contributed by atoms with Crippen LogP contribution < -0.4 is 0 Å². The summed E-state index contributed by atoms with van der Waals surface area (Å²) in [7, 11) is -3.51. The van der Waals surface area contributed by atoms with E-state index in [0.29, 0.717) is 19.4 Å². The van der Waals surface area contributed by atoms with Gasteiger partial charge in [-0.2, -0.15) is 8.42 Å². The van der Waals surface area contributed by atoms with Gasteiger partial charge in [0.25, 0.3) is 10.1 Å². The Morgan fingerprint density at radius 2 is 1.95 bits per heavy atom. The van der Waals surface area contributed by atoms with Crippen LogP contribution in [0, 0.1) is 0 Å². The lowest BCUT2D eigenvalue weighted by Crippen LogP contribution is -2.43. The Morgan fingerprint density at radius 3 is 2.37 bits per heavy atom. The summed E-state index contributed by atoms with van der Waals surface area (Å²) in [4.78, 5) is 13.6. The van der Waals surface area contributed by atoms with Crippen LogP contribution in [0.5, 0.6) is 0 Å². The molecule has 0 radical (unpaired) electrons. The molecule has 0 bridgehead atoms. The highest BCUT2D eigenvalue weighted by atomic mass is 32.2. The largest absolute Gasteiger partial charge is 0.444 e. The third-order valence-electron chi connectivity index (χ3n) is 2.83. The molecule has 0 aliphatic carbocycles. The van der Waals surface area contributed by atoms with E-state index in [4.69, 9.17) is 8.92 Å². The molecule has 1 amide bonds. The van der Waals surface area contributed by atoms with Gasteiger partial charge in [0.2, 0.25) is 0 Å². The number of carbonyl (C=O) groups is 1. The number of rotatable bonds is 3. The minimum Gasteiger partial charge on any atom is -0.444 e. The van der Waals surface area contributed by atoms with Gasteiger partial charge in [0.15, 0.2) is 0 Å². The van der Waals surface area contributed by atoms with E-state index >= 15 is 0 Å². The topological polar surface area (TPSA) is 72.9 Å². The number of carbonyl (C=O) groups excluding carboxylic acids is 1. The van der Waals surface area contributed by atoms with Crippen LogP contribution in [0.4, 0.5) is 4.79 Å². The highest BCUT2D eigenvalue weighted by Crippen LogP contribution is 2.26. The fraction of sp³-hybridized carbons (Fsp3) is 0.917. The second-order valence-electron chi connectivity index (χ2n) is 5.78. The standard InChI is InChI=1S/C12H23NO5S/c1-6-9-10(18-19(5,15)16)7-8-13(9)11(14)17-12(2,3)4/h9-10H,6-8H2,1-5H3/t9-,10+/m1/s1. The Morgan fingerprint density at radius 1 is 1.37 bits per heavy atom. The Hall–Kier alpha value is -0.820. The number of ether oxygens (including phenoxy) is 1. The van der Waals surface area contributed by atoms with Crippen LogP contribution in [-0.2, 0) is 19.0 Å². The quantitative estimate of drug-likeness (QED) is 0.741. The number of likely N-dealkylation sites (tertiary alicyclic amines) is 1. The normalized spacial score (nSPS) is 24.6. The molecule has 0 N–H and O–H groups in total. The van der Waals surface area contributed by atoms with Crippen molar-refractivity contribution in [3.63, 3.8) is 0 Å². The molecule has 0 aromatic heterocycles. The maximum absolute atomic E-state index is 12.0. The molecule has 6 nitrogen and oxygen atoms in total. The molecular formula is C12H23NO5S. The molecule has 1 saturated heterocycles.